The first-order valence-corrected chi connectivity index (χ1v) is 8.65. The molecule has 0 aliphatic carbocycles. The third-order valence-corrected chi connectivity index (χ3v) is 3.63. The van der Waals surface area contributed by atoms with Crippen LogP contribution in [-0.2, 0) is 4.79 Å². The topological polar surface area (TPSA) is 71.1 Å². The van der Waals surface area contributed by atoms with E-state index in [0.29, 0.717) is 11.4 Å². The Kier molecular flexibility index (Phi) is 7.72. The van der Waals surface area contributed by atoms with E-state index in [4.69, 9.17) is 0 Å². The first-order valence-electron chi connectivity index (χ1n) is 8.65. The second kappa shape index (κ2) is 10.5. The Morgan fingerprint density at radius 2 is 1.44 bits per heavy atom. The zero-order chi connectivity index (χ0) is 19.5. The zero-order valence-corrected chi connectivity index (χ0v) is 15.4. The molecule has 0 aliphatic heterocycles. The summed E-state index contributed by atoms with van der Waals surface area (Å²) in [5.41, 5.74) is 1.84. The molecule has 0 radical (unpaired) electrons. The van der Waals surface area contributed by atoms with E-state index in [1.54, 1.807) is 55.6 Å². The lowest BCUT2D eigenvalue weighted by molar-refractivity contribution is -0.117. The molecule has 0 fully saturated rings. The van der Waals surface area contributed by atoms with E-state index in [2.05, 4.69) is 34.7 Å². The van der Waals surface area contributed by atoms with Crippen molar-refractivity contribution in [1.29, 1.82) is 0 Å². The maximum absolute atomic E-state index is 11.9. The van der Waals surface area contributed by atoms with Crippen LogP contribution >= 0.6 is 0 Å². The standard InChI is InChI=1S/C15H15N3O2.C7H8/c1-11(14(19)18-13-9-5-6-10-16-13)17-15(20)12-7-3-2-4-8-12;1-7-5-3-2-4-6-7/h2-11H,1H3,(H,17,20)(H,16,18,19);2-6H,1H3. The van der Waals surface area contributed by atoms with Gasteiger partial charge in [-0.1, -0.05) is 60.2 Å². The molecule has 1 atom stereocenters. The molecule has 0 saturated heterocycles. The summed E-state index contributed by atoms with van der Waals surface area (Å²) < 4.78 is 0. The van der Waals surface area contributed by atoms with Crippen LogP contribution in [0.15, 0.2) is 85.1 Å². The molecular weight excluding hydrogens is 338 g/mol. The number of pyridine rings is 1. The normalized spacial score (nSPS) is 10.7. The van der Waals surface area contributed by atoms with Crippen LogP contribution in [0.25, 0.3) is 0 Å². The molecule has 3 rings (SSSR count). The van der Waals surface area contributed by atoms with Gasteiger partial charge in [0.1, 0.15) is 11.9 Å². The molecule has 1 unspecified atom stereocenters. The van der Waals surface area contributed by atoms with Gasteiger partial charge in [0.2, 0.25) is 5.91 Å². The number of carbonyl (C=O) groups is 2. The van der Waals surface area contributed by atoms with Crippen LogP contribution < -0.4 is 10.6 Å². The van der Waals surface area contributed by atoms with Crippen LogP contribution in [0.5, 0.6) is 0 Å². The Morgan fingerprint density at radius 3 is 1.96 bits per heavy atom. The Morgan fingerprint density at radius 1 is 0.852 bits per heavy atom. The van der Waals surface area contributed by atoms with Gasteiger partial charge in [0.15, 0.2) is 0 Å². The second-order valence-corrected chi connectivity index (χ2v) is 5.92. The highest BCUT2D eigenvalue weighted by Crippen LogP contribution is 2.02. The van der Waals surface area contributed by atoms with Crippen molar-refractivity contribution >= 4 is 17.6 Å². The number of hydrogen-bond donors (Lipinski definition) is 2. The monoisotopic (exact) mass is 361 g/mol. The van der Waals surface area contributed by atoms with E-state index >= 15 is 0 Å². The molecule has 0 aliphatic rings. The minimum atomic E-state index is -0.648. The van der Waals surface area contributed by atoms with Crippen LogP contribution in [0.4, 0.5) is 5.82 Å². The first-order chi connectivity index (χ1) is 13.1. The van der Waals surface area contributed by atoms with Crippen molar-refractivity contribution in [1.82, 2.24) is 10.3 Å². The predicted octanol–water partition coefficient (Wildman–Crippen LogP) is 3.83. The molecule has 0 saturated carbocycles. The average Bonchev–Trinajstić information content (AvgIpc) is 2.70. The molecular formula is C22H23N3O2. The quantitative estimate of drug-likeness (QED) is 0.742. The largest absolute Gasteiger partial charge is 0.341 e. The third-order valence-electron chi connectivity index (χ3n) is 3.63. The number of hydrogen-bond acceptors (Lipinski definition) is 3. The van der Waals surface area contributed by atoms with Crippen molar-refractivity contribution in [2.75, 3.05) is 5.32 Å². The van der Waals surface area contributed by atoms with E-state index in [1.165, 1.54) is 5.56 Å². The molecule has 2 N–H and O–H groups in total. The summed E-state index contributed by atoms with van der Waals surface area (Å²) >= 11 is 0. The SMILES string of the molecule is CC(NC(=O)c1ccccc1)C(=O)Nc1ccccn1.Cc1ccccc1. The number of aryl methyl sites for hydroxylation is 1. The molecule has 3 aromatic rings. The fourth-order valence-corrected chi connectivity index (χ4v) is 2.14. The Bertz CT molecular complexity index is 837. The highest BCUT2D eigenvalue weighted by molar-refractivity contribution is 6.00. The third kappa shape index (κ3) is 7.12. The van der Waals surface area contributed by atoms with Crippen LogP contribution in [0.1, 0.15) is 22.8 Å². The molecule has 2 amide bonds. The Labute approximate surface area is 159 Å². The maximum Gasteiger partial charge on any atom is 0.251 e. The van der Waals surface area contributed by atoms with Gasteiger partial charge in [-0.25, -0.2) is 4.98 Å². The van der Waals surface area contributed by atoms with E-state index in [9.17, 15) is 9.59 Å². The van der Waals surface area contributed by atoms with E-state index in [0.717, 1.165) is 0 Å². The van der Waals surface area contributed by atoms with Crippen LogP contribution in [-0.4, -0.2) is 22.8 Å². The van der Waals surface area contributed by atoms with E-state index in [-0.39, 0.29) is 11.8 Å². The lowest BCUT2D eigenvalue weighted by atomic mass is 10.2. The number of aromatic nitrogens is 1. The number of nitrogens with zero attached hydrogens (tertiary/aromatic N) is 1. The van der Waals surface area contributed by atoms with E-state index < -0.39 is 6.04 Å². The molecule has 2 aromatic carbocycles. The Hall–Kier alpha value is -3.47. The van der Waals surface area contributed by atoms with Crippen LogP contribution in [0.3, 0.4) is 0 Å². The highest BCUT2D eigenvalue weighted by atomic mass is 16.2. The number of carbonyl (C=O) groups excluding carboxylic acids is 2. The van der Waals surface area contributed by atoms with Crippen LogP contribution in [0.2, 0.25) is 0 Å². The van der Waals surface area contributed by atoms with Gasteiger partial charge >= 0.3 is 0 Å². The summed E-state index contributed by atoms with van der Waals surface area (Å²) in [5, 5.41) is 5.27. The number of rotatable bonds is 4. The lowest BCUT2D eigenvalue weighted by Gasteiger charge is -2.13. The van der Waals surface area contributed by atoms with Crippen molar-refractivity contribution in [3.05, 3.63) is 96.2 Å². The molecule has 0 bridgehead atoms. The summed E-state index contributed by atoms with van der Waals surface area (Å²) in [6.45, 7) is 3.71. The minimum Gasteiger partial charge on any atom is -0.341 e. The van der Waals surface area contributed by atoms with Crippen molar-refractivity contribution in [3.63, 3.8) is 0 Å². The van der Waals surface area contributed by atoms with Gasteiger partial charge < -0.3 is 10.6 Å². The molecule has 1 aromatic heterocycles. The second-order valence-electron chi connectivity index (χ2n) is 5.92. The van der Waals surface area contributed by atoms with Gasteiger partial charge in [-0.2, -0.15) is 0 Å². The molecule has 1 heterocycles. The first kappa shape index (κ1) is 19.8. The molecule has 5 nitrogen and oxygen atoms in total. The summed E-state index contributed by atoms with van der Waals surface area (Å²) in [6, 6.07) is 23.6. The molecule has 5 heteroatoms. The maximum atomic E-state index is 11.9. The number of amides is 2. The van der Waals surface area contributed by atoms with Gasteiger partial charge in [0, 0.05) is 11.8 Å². The minimum absolute atomic E-state index is 0.283. The van der Waals surface area contributed by atoms with Gasteiger partial charge in [-0.15, -0.1) is 0 Å². The summed E-state index contributed by atoms with van der Waals surface area (Å²) in [7, 11) is 0. The lowest BCUT2D eigenvalue weighted by Crippen LogP contribution is -2.41. The van der Waals surface area contributed by atoms with Gasteiger partial charge in [0.25, 0.3) is 5.91 Å². The van der Waals surface area contributed by atoms with Gasteiger partial charge in [-0.3, -0.25) is 9.59 Å². The van der Waals surface area contributed by atoms with E-state index in [1.807, 2.05) is 24.3 Å². The number of benzene rings is 2. The summed E-state index contributed by atoms with van der Waals surface area (Å²) in [5.74, 6) is -0.138. The smallest absolute Gasteiger partial charge is 0.251 e. The molecule has 0 spiro atoms. The summed E-state index contributed by atoms with van der Waals surface area (Å²) in [4.78, 5) is 27.8. The summed E-state index contributed by atoms with van der Waals surface area (Å²) in [6.07, 6.45) is 1.59. The zero-order valence-electron chi connectivity index (χ0n) is 15.4. The Balaban J connectivity index is 0.000000313. The van der Waals surface area contributed by atoms with Crippen molar-refractivity contribution < 1.29 is 9.59 Å². The highest BCUT2D eigenvalue weighted by Gasteiger charge is 2.16. The fraction of sp³-hybridized carbons (Fsp3) is 0.136. The van der Waals surface area contributed by atoms with Crippen molar-refractivity contribution in [2.45, 2.75) is 19.9 Å². The molecule has 27 heavy (non-hydrogen) atoms. The number of anilines is 1. The van der Waals surface area contributed by atoms with Gasteiger partial charge in [-0.05, 0) is 38.1 Å². The van der Waals surface area contributed by atoms with Gasteiger partial charge in [0.05, 0.1) is 0 Å². The van der Waals surface area contributed by atoms with Crippen molar-refractivity contribution in [3.8, 4) is 0 Å². The predicted molar refractivity (Wildman–Crippen MR) is 107 cm³/mol. The molecule has 138 valence electrons. The fourth-order valence-electron chi connectivity index (χ4n) is 2.14. The van der Waals surface area contributed by atoms with Crippen molar-refractivity contribution in [2.24, 2.45) is 0 Å². The number of nitrogens with one attached hydrogen (secondary N) is 2. The average molecular weight is 361 g/mol. The van der Waals surface area contributed by atoms with Crippen LogP contribution in [0, 0.1) is 6.92 Å².